The zero-order chi connectivity index (χ0) is 17.7. The van der Waals surface area contributed by atoms with Gasteiger partial charge in [0, 0.05) is 19.6 Å². The molecule has 0 spiro atoms. The van der Waals surface area contributed by atoms with Gasteiger partial charge >= 0.3 is 0 Å². The molecule has 24 heavy (non-hydrogen) atoms. The van der Waals surface area contributed by atoms with Gasteiger partial charge in [-0.25, -0.2) is 4.98 Å². The van der Waals surface area contributed by atoms with Gasteiger partial charge in [-0.05, 0) is 37.6 Å². The molecule has 0 bridgehead atoms. The number of fused-ring (bicyclic) bond motifs is 1. The first-order valence-corrected chi connectivity index (χ1v) is 9.35. The van der Waals surface area contributed by atoms with Crippen LogP contribution in [0.25, 0.3) is 10.2 Å². The van der Waals surface area contributed by atoms with Crippen LogP contribution in [-0.2, 0) is 11.3 Å². The van der Waals surface area contributed by atoms with Crippen LogP contribution < -0.4 is 15.8 Å². The number of nitrogens with zero attached hydrogens (tertiary/aromatic N) is 3. The fourth-order valence-electron chi connectivity index (χ4n) is 2.52. The van der Waals surface area contributed by atoms with E-state index in [1.54, 1.807) is 0 Å². The Bertz CT molecular complexity index is 747. The topological polar surface area (TPSA) is 67.2 Å². The highest BCUT2D eigenvalue weighted by atomic mass is 32.1. The van der Waals surface area contributed by atoms with Crippen molar-refractivity contribution in [2.45, 2.75) is 40.7 Å². The number of nitrogens with one attached hydrogen (secondary N) is 1. The summed E-state index contributed by atoms with van der Waals surface area (Å²) in [5.41, 5.74) is 0.555. The van der Waals surface area contributed by atoms with Gasteiger partial charge in [-0.15, -0.1) is 11.3 Å². The average molecular weight is 350 g/mol. The van der Waals surface area contributed by atoms with E-state index in [1.807, 2.05) is 30.2 Å². The molecule has 0 unspecified atom stereocenters. The molecular formula is C17H26N4O2S. The lowest BCUT2D eigenvalue weighted by Gasteiger charge is -2.23. The predicted octanol–water partition coefficient (Wildman–Crippen LogP) is 2.47. The van der Waals surface area contributed by atoms with E-state index in [0.717, 1.165) is 19.5 Å². The van der Waals surface area contributed by atoms with Gasteiger partial charge in [0.15, 0.2) is 0 Å². The van der Waals surface area contributed by atoms with E-state index in [2.05, 4.69) is 24.1 Å². The van der Waals surface area contributed by atoms with Gasteiger partial charge in [0.2, 0.25) is 11.9 Å². The summed E-state index contributed by atoms with van der Waals surface area (Å²) in [6.07, 6.45) is 0.922. The summed E-state index contributed by atoms with van der Waals surface area (Å²) < 4.78 is 2.09. The van der Waals surface area contributed by atoms with Crippen molar-refractivity contribution in [3.8, 4) is 0 Å². The summed E-state index contributed by atoms with van der Waals surface area (Å²) in [5, 5.41) is 4.75. The van der Waals surface area contributed by atoms with Crippen LogP contribution in [0.1, 0.15) is 34.1 Å². The monoisotopic (exact) mass is 350 g/mol. The largest absolute Gasteiger partial charge is 0.355 e. The third-order valence-electron chi connectivity index (χ3n) is 3.94. The van der Waals surface area contributed by atoms with E-state index in [1.165, 1.54) is 15.9 Å². The first-order chi connectivity index (χ1) is 11.5. The van der Waals surface area contributed by atoms with E-state index in [9.17, 15) is 9.59 Å². The van der Waals surface area contributed by atoms with Gasteiger partial charge in [-0.3, -0.25) is 14.2 Å². The summed E-state index contributed by atoms with van der Waals surface area (Å²) in [7, 11) is 0. The van der Waals surface area contributed by atoms with Crippen molar-refractivity contribution in [1.29, 1.82) is 0 Å². The Morgan fingerprint density at radius 2 is 2.08 bits per heavy atom. The van der Waals surface area contributed by atoms with Crippen molar-refractivity contribution >= 4 is 33.4 Å². The lowest BCUT2D eigenvalue weighted by atomic mass is 10.1. The number of rotatable bonds is 8. The molecule has 0 aliphatic rings. The predicted molar refractivity (Wildman–Crippen MR) is 99.9 cm³/mol. The molecule has 7 heteroatoms. The molecular weight excluding hydrogens is 324 g/mol. The normalized spacial score (nSPS) is 11.2. The summed E-state index contributed by atoms with van der Waals surface area (Å²) in [4.78, 5) is 31.7. The van der Waals surface area contributed by atoms with Crippen LogP contribution in [-0.4, -0.2) is 35.1 Å². The molecule has 0 saturated carbocycles. The first-order valence-electron chi connectivity index (χ1n) is 8.47. The molecule has 132 valence electrons. The second kappa shape index (κ2) is 8.28. The van der Waals surface area contributed by atoms with Gasteiger partial charge in [-0.1, -0.05) is 13.8 Å². The molecule has 2 aromatic heterocycles. The van der Waals surface area contributed by atoms with Gasteiger partial charge in [0.1, 0.15) is 11.2 Å². The third-order valence-corrected chi connectivity index (χ3v) is 4.83. The molecule has 2 aromatic rings. The number of carbonyl (C=O) groups is 1. The van der Waals surface area contributed by atoms with E-state index < -0.39 is 0 Å². The Labute approximate surface area is 146 Å². The zero-order valence-electron chi connectivity index (χ0n) is 14.8. The first kappa shape index (κ1) is 18.4. The summed E-state index contributed by atoms with van der Waals surface area (Å²) in [5.74, 6) is 0.946. The van der Waals surface area contributed by atoms with Crippen molar-refractivity contribution < 1.29 is 4.79 Å². The average Bonchev–Trinajstić information content (AvgIpc) is 3.00. The fourth-order valence-corrected chi connectivity index (χ4v) is 3.30. The molecule has 0 aliphatic carbocycles. The minimum atomic E-state index is -0.149. The van der Waals surface area contributed by atoms with Gasteiger partial charge < -0.3 is 10.2 Å². The van der Waals surface area contributed by atoms with Crippen LogP contribution in [0.5, 0.6) is 0 Å². The van der Waals surface area contributed by atoms with Crippen LogP contribution in [0, 0.1) is 5.92 Å². The Hall–Kier alpha value is -1.89. The highest BCUT2D eigenvalue weighted by molar-refractivity contribution is 7.17. The van der Waals surface area contributed by atoms with E-state index in [0.29, 0.717) is 28.6 Å². The Balaban J connectivity index is 2.32. The van der Waals surface area contributed by atoms with Crippen LogP contribution in [0.4, 0.5) is 5.95 Å². The molecule has 6 nitrogen and oxygen atoms in total. The highest BCUT2D eigenvalue weighted by Gasteiger charge is 2.18. The Morgan fingerprint density at radius 1 is 1.38 bits per heavy atom. The molecule has 0 fully saturated rings. The Morgan fingerprint density at radius 3 is 2.71 bits per heavy atom. The number of aromatic nitrogens is 2. The number of thiophene rings is 1. The number of hydrogen-bond donors (Lipinski definition) is 1. The molecule has 1 N–H and O–H groups in total. The lowest BCUT2D eigenvalue weighted by Crippen LogP contribution is -2.37. The van der Waals surface area contributed by atoms with Crippen molar-refractivity contribution in [2.24, 2.45) is 5.92 Å². The van der Waals surface area contributed by atoms with E-state index in [-0.39, 0.29) is 18.0 Å². The molecule has 1 amide bonds. The molecule has 2 rings (SSSR count). The molecule has 0 radical (unpaired) electrons. The molecule has 0 aliphatic heterocycles. The number of amides is 1. The van der Waals surface area contributed by atoms with Crippen LogP contribution in [0.3, 0.4) is 0 Å². The maximum absolute atomic E-state index is 12.8. The second-order valence-corrected chi connectivity index (χ2v) is 7.06. The van der Waals surface area contributed by atoms with Crippen LogP contribution in [0.2, 0.25) is 0 Å². The Kier molecular flexibility index (Phi) is 6.36. The zero-order valence-corrected chi connectivity index (χ0v) is 15.7. The van der Waals surface area contributed by atoms with Crippen molar-refractivity contribution in [3.05, 3.63) is 21.8 Å². The highest BCUT2D eigenvalue weighted by Crippen LogP contribution is 2.19. The maximum Gasteiger partial charge on any atom is 0.273 e. The maximum atomic E-state index is 12.8. The van der Waals surface area contributed by atoms with Crippen LogP contribution in [0.15, 0.2) is 16.2 Å². The lowest BCUT2D eigenvalue weighted by molar-refractivity contribution is -0.121. The summed E-state index contributed by atoms with van der Waals surface area (Å²) in [6.45, 7) is 10.3. The quantitative estimate of drug-likeness (QED) is 0.794. The van der Waals surface area contributed by atoms with Gasteiger partial charge in [0.25, 0.3) is 5.56 Å². The van der Waals surface area contributed by atoms with Gasteiger partial charge in [0.05, 0.1) is 5.52 Å². The second-order valence-electron chi connectivity index (χ2n) is 6.14. The fraction of sp³-hybridized carbons (Fsp3) is 0.588. The molecule has 0 saturated heterocycles. The standard InChI is InChI=1S/C17H26N4O2S/c1-5-20(6-2)17-19-13-8-10-24-15(13)16(23)21(17)11-14(22)18-9-7-12(3)4/h8,10,12H,5-7,9,11H2,1-4H3,(H,18,22). The SMILES string of the molecule is CCN(CC)c1nc2ccsc2c(=O)n1CC(=O)NCCC(C)C. The van der Waals surface area contributed by atoms with Crippen LogP contribution >= 0.6 is 11.3 Å². The summed E-state index contributed by atoms with van der Waals surface area (Å²) >= 11 is 1.37. The number of anilines is 1. The number of carbonyl (C=O) groups excluding carboxylic acids is 1. The minimum Gasteiger partial charge on any atom is -0.355 e. The molecule has 0 atom stereocenters. The van der Waals surface area contributed by atoms with E-state index >= 15 is 0 Å². The number of hydrogen-bond acceptors (Lipinski definition) is 5. The van der Waals surface area contributed by atoms with Crippen molar-refractivity contribution in [1.82, 2.24) is 14.9 Å². The minimum absolute atomic E-state index is 0.00357. The smallest absolute Gasteiger partial charge is 0.273 e. The summed E-state index contributed by atoms with van der Waals surface area (Å²) in [6, 6.07) is 1.85. The van der Waals surface area contributed by atoms with Crippen molar-refractivity contribution in [2.75, 3.05) is 24.5 Å². The van der Waals surface area contributed by atoms with Crippen molar-refractivity contribution in [3.63, 3.8) is 0 Å². The van der Waals surface area contributed by atoms with E-state index in [4.69, 9.17) is 0 Å². The molecule has 0 aromatic carbocycles. The third kappa shape index (κ3) is 4.14. The molecule has 2 heterocycles. The van der Waals surface area contributed by atoms with Gasteiger partial charge in [-0.2, -0.15) is 0 Å².